The summed E-state index contributed by atoms with van der Waals surface area (Å²) in [6.07, 6.45) is 2.61. The fourth-order valence-electron chi connectivity index (χ4n) is 1.59. The maximum absolute atomic E-state index is 13.1. The van der Waals surface area contributed by atoms with Gasteiger partial charge in [0.25, 0.3) is 0 Å². The third kappa shape index (κ3) is 3.97. The van der Waals surface area contributed by atoms with Crippen molar-refractivity contribution in [3.63, 3.8) is 0 Å². The Morgan fingerprint density at radius 1 is 1.19 bits per heavy atom. The molecular weight excluding hydrogens is 277 g/mol. The molecule has 6 heteroatoms. The average Bonchev–Trinajstić information content (AvgIpc) is 2.46. The molecule has 106 valence electrons. The molecule has 0 bridgehead atoms. The van der Waals surface area contributed by atoms with E-state index < -0.39 is 28.1 Å². The lowest BCUT2D eigenvalue weighted by molar-refractivity contribution is -0.385. The highest BCUT2D eigenvalue weighted by Crippen LogP contribution is 2.27. The van der Waals surface area contributed by atoms with E-state index in [2.05, 4.69) is 0 Å². The number of carbonyl (C=O) groups is 1. The summed E-state index contributed by atoms with van der Waals surface area (Å²) < 4.78 is 17.9. The maximum atomic E-state index is 13.1. The van der Waals surface area contributed by atoms with Gasteiger partial charge in [0.15, 0.2) is 0 Å². The Labute approximate surface area is 119 Å². The number of nitro benzene ring substituents is 1. The molecule has 0 unspecified atom stereocenters. The topological polar surface area (TPSA) is 69.4 Å². The minimum atomic E-state index is -0.826. The molecule has 0 heterocycles. The van der Waals surface area contributed by atoms with E-state index in [1.807, 2.05) is 6.07 Å². The van der Waals surface area contributed by atoms with Gasteiger partial charge in [-0.25, -0.2) is 9.18 Å². The van der Waals surface area contributed by atoms with Crippen molar-refractivity contribution in [2.45, 2.75) is 0 Å². The third-order valence-corrected chi connectivity index (χ3v) is 2.54. The molecular formula is C15H10FNO4. The van der Waals surface area contributed by atoms with Crippen molar-refractivity contribution in [1.82, 2.24) is 0 Å². The fraction of sp³-hybridized carbons (Fsp3) is 0. The summed E-state index contributed by atoms with van der Waals surface area (Å²) in [4.78, 5) is 21.6. The van der Waals surface area contributed by atoms with Crippen molar-refractivity contribution in [1.29, 1.82) is 0 Å². The van der Waals surface area contributed by atoms with Crippen molar-refractivity contribution >= 4 is 17.7 Å². The van der Waals surface area contributed by atoms with Gasteiger partial charge in [-0.2, -0.15) is 0 Å². The molecule has 0 saturated heterocycles. The van der Waals surface area contributed by atoms with Crippen LogP contribution in [0.2, 0.25) is 0 Å². The Bertz CT molecular complexity index is 698. The molecule has 0 aliphatic carbocycles. The van der Waals surface area contributed by atoms with Crippen molar-refractivity contribution in [2.24, 2.45) is 0 Å². The molecule has 0 aliphatic heterocycles. The second kappa shape index (κ2) is 6.42. The zero-order chi connectivity index (χ0) is 15.2. The Balaban J connectivity index is 2.15. The van der Waals surface area contributed by atoms with Crippen LogP contribution in [0.5, 0.6) is 5.75 Å². The predicted molar refractivity (Wildman–Crippen MR) is 74.2 cm³/mol. The van der Waals surface area contributed by atoms with Crippen LogP contribution >= 0.6 is 0 Å². The van der Waals surface area contributed by atoms with Gasteiger partial charge in [-0.15, -0.1) is 0 Å². The molecule has 0 radical (unpaired) electrons. The molecule has 2 rings (SSSR count). The summed E-state index contributed by atoms with van der Waals surface area (Å²) >= 11 is 0. The van der Waals surface area contributed by atoms with E-state index in [-0.39, 0.29) is 0 Å². The quantitative estimate of drug-likeness (QED) is 0.284. The van der Waals surface area contributed by atoms with E-state index in [9.17, 15) is 19.3 Å². The van der Waals surface area contributed by atoms with Crippen molar-refractivity contribution in [2.75, 3.05) is 0 Å². The van der Waals surface area contributed by atoms with Gasteiger partial charge < -0.3 is 4.74 Å². The Kier molecular flexibility index (Phi) is 4.40. The first-order valence-electron chi connectivity index (χ1n) is 5.95. The molecule has 2 aromatic rings. The first-order valence-corrected chi connectivity index (χ1v) is 5.95. The van der Waals surface area contributed by atoms with Crippen molar-refractivity contribution in [3.8, 4) is 5.75 Å². The molecule has 0 atom stereocenters. The molecule has 0 fully saturated rings. The lowest BCUT2D eigenvalue weighted by atomic mass is 10.2. The number of carbonyl (C=O) groups excluding carboxylic acids is 1. The first-order chi connectivity index (χ1) is 10.1. The molecule has 0 saturated carbocycles. The monoisotopic (exact) mass is 287 g/mol. The first kappa shape index (κ1) is 14.4. The van der Waals surface area contributed by atoms with Crippen LogP contribution in [-0.4, -0.2) is 10.9 Å². The number of nitrogens with zero attached hydrogens (tertiary/aromatic N) is 1. The molecule has 5 nitrogen and oxygen atoms in total. The highest BCUT2D eigenvalue weighted by Gasteiger charge is 2.17. The summed E-state index contributed by atoms with van der Waals surface area (Å²) in [7, 11) is 0. The minimum Gasteiger partial charge on any atom is -0.416 e. The predicted octanol–water partition coefficient (Wildman–Crippen LogP) is 3.35. The van der Waals surface area contributed by atoms with E-state index >= 15 is 0 Å². The molecule has 21 heavy (non-hydrogen) atoms. The fourth-order valence-corrected chi connectivity index (χ4v) is 1.59. The van der Waals surface area contributed by atoms with E-state index in [0.717, 1.165) is 29.8 Å². The largest absolute Gasteiger partial charge is 0.416 e. The molecule has 0 amide bonds. The second-order valence-electron chi connectivity index (χ2n) is 4.03. The molecule has 0 aromatic heterocycles. The zero-order valence-electron chi connectivity index (χ0n) is 10.7. The number of nitro groups is 1. The number of benzene rings is 2. The van der Waals surface area contributed by atoms with Crippen LogP contribution in [0.1, 0.15) is 5.56 Å². The number of hydrogen-bond donors (Lipinski definition) is 0. The third-order valence-electron chi connectivity index (χ3n) is 2.54. The highest BCUT2D eigenvalue weighted by molar-refractivity contribution is 5.89. The van der Waals surface area contributed by atoms with Crippen LogP contribution in [0, 0.1) is 15.9 Å². The molecule has 0 spiro atoms. The van der Waals surface area contributed by atoms with Crippen LogP contribution in [0.25, 0.3) is 6.08 Å². The van der Waals surface area contributed by atoms with Gasteiger partial charge in [-0.05, 0) is 17.7 Å². The van der Waals surface area contributed by atoms with E-state index in [4.69, 9.17) is 4.74 Å². The standard InChI is InChI=1S/C15H10FNO4/c16-12-7-8-13(17(19)20)14(10-12)21-15(18)9-6-11-4-2-1-3-5-11/h1-10H/b9-6+. The Morgan fingerprint density at radius 2 is 1.90 bits per heavy atom. The van der Waals surface area contributed by atoms with Gasteiger partial charge in [-0.1, -0.05) is 30.3 Å². The average molecular weight is 287 g/mol. The minimum absolute atomic E-state index is 0.428. The van der Waals surface area contributed by atoms with Crippen LogP contribution in [0.4, 0.5) is 10.1 Å². The Morgan fingerprint density at radius 3 is 2.57 bits per heavy atom. The molecule has 0 aliphatic rings. The van der Waals surface area contributed by atoms with Crippen molar-refractivity contribution < 1.29 is 18.8 Å². The molecule has 0 N–H and O–H groups in total. The SMILES string of the molecule is O=C(/C=C/c1ccccc1)Oc1cc(F)ccc1[N+](=O)[O-]. The lowest BCUT2D eigenvalue weighted by Crippen LogP contribution is -2.06. The number of halogens is 1. The van der Waals surface area contributed by atoms with Gasteiger partial charge >= 0.3 is 11.7 Å². The van der Waals surface area contributed by atoms with E-state index in [0.29, 0.717) is 0 Å². The second-order valence-corrected chi connectivity index (χ2v) is 4.03. The van der Waals surface area contributed by atoms with Crippen molar-refractivity contribution in [3.05, 3.63) is 76.1 Å². The molecule has 2 aromatic carbocycles. The summed E-state index contributed by atoms with van der Waals surface area (Å²) in [5.41, 5.74) is 0.293. The van der Waals surface area contributed by atoms with E-state index in [1.54, 1.807) is 24.3 Å². The van der Waals surface area contributed by atoms with Gasteiger partial charge in [-0.3, -0.25) is 10.1 Å². The summed E-state index contributed by atoms with van der Waals surface area (Å²) in [5, 5.41) is 10.8. The van der Waals surface area contributed by atoms with Crippen LogP contribution in [0.15, 0.2) is 54.6 Å². The smallest absolute Gasteiger partial charge is 0.336 e. The number of esters is 1. The van der Waals surface area contributed by atoms with E-state index in [1.165, 1.54) is 6.08 Å². The lowest BCUT2D eigenvalue weighted by Gasteiger charge is -2.02. The van der Waals surface area contributed by atoms with Gasteiger partial charge in [0.2, 0.25) is 5.75 Å². The highest BCUT2D eigenvalue weighted by atomic mass is 19.1. The summed E-state index contributed by atoms with van der Waals surface area (Å²) in [5.74, 6) is -1.98. The van der Waals surface area contributed by atoms with Crippen LogP contribution < -0.4 is 4.74 Å². The number of ether oxygens (including phenoxy) is 1. The van der Waals surface area contributed by atoms with Crippen LogP contribution in [0.3, 0.4) is 0 Å². The normalized spacial score (nSPS) is 10.5. The summed E-state index contributed by atoms with van der Waals surface area (Å²) in [6, 6.07) is 11.6. The zero-order valence-corrected chi connectivity index (χ0v) is 10.7. The summed E-state index contributed by atoms with van der Waals surface area (Å²) in [6.45, 7) is 0. The van der Waals surface area contributed by atoms with Gasteiger partial charge in [0.1, 0.15) is 5.82 Å². The Hall–Kier alpha value is -3.02. The number of hydrogen-bond acceptors (Lipinski definition) is 4. The van der Waals surface area contributed by atoms with Gasteiger partial charge in [0, 0.05) is 18.2 Å². The van der Waals surface area contributed by atoms with Crippen LogP contribution in [-0.2, 0) is 4.79 Å². The number of rotatable bonds is 4. The van der Waals surface area contributed by atoms with Gasteiger partial charge in [0.05, 0.1) is 4.92 Å². The maximum Gasteiger partial charge on any atom is 0.336 e.